The number of rotatable bonds is 3. The molecule has 3 heterocycles. The number of benzene rings is 2. The zero-order valence-corrected chi connectivity index (χ0v) is 16.6. The lowest BCUT2D eigenvalue weighted by Crippen LogP contribution is -3.13. The van der Waals surface area contributed by atoms with Crippen molar-refractivity contribution < 1.29 is 9.29 Å². The van der Waals surface area contributed by atoms with Crippen LogP contribution in [-0.4, -0.2) is 17.7 Å². The lowest BCUT2D eigenvalue weighted by atomic mass is 9.80. The second-order valence-electron chi connectivity index (χ2n) is 8.51. The third-order valence-electron chi connectivity index (χ3n) is 6.46. The highest BCUT2D eigenvalue weighted by atomic mass is 19.1. The van der Waals surface area contributed by atoms with Crippen molar-refractivity contribution in [3.8, 4) is 17.2 Å². The summed E-state index contributed by atoms with van der Waals surface area (Å²) in [4.78, 5) is 14.1. The smallest absolute Gasteiger partial charge is 0.250 e. The second-order valence-corrected chi connectivity index (χ2v) is 8.51. The Bertz CT molecular complexity index is 1210. The van der Waals surface area contributed by atoms with Crippen molar-refractivity contribution in [1.82, 2.24) is 4.57 Å². The number of halogens is 1. The van der Waals surface area contributed by atoms with Gasteiger partial charge in [-0.05, 0) is 30.7 Å². The summed E-state index contributed by atoms with van der Waals surface area (Å²) >= 11 is 0. The topological polar surface area (TPSA) is 50.2 Å². The van der Waals surface area contributed by atoms with Gasteiger partial charge in [0.1, 0.15) is 12.4 Å². The summed E-state index contributed by atoms with van der Waals surface area (Å²) in [6.07, 6.45) is 1.03. The summed E-state index contributed by atoms with van der Waals surface area (Å²) in [5, 5.41) is 9.18. The molecule has 30 heavy (non-hydrogen) atoms. The van der Waals surface area contributed by atoms with Gasteiger partial charge in [0.15, 0.2) is 0 Å². The Morgan fingerprint density at radius 3 is 2.77 bits per heavy atom. The fourth-order valence-electron chi connectivity index (χ4n) is 5.33. The zero-order valence-electron chi connectivity index (χ0n) is 16.6. The highest BCUT2D eigenvalue weighted by Gasteiger charge is 2.39. The number of nitrogens with one attached hydrogen (secondary N) is 1. The van der Waals surface area contributed by atoms with Gasteiger partial charge in [-0.3, -0.25) is 4.79 Å². The Kier molecular flexibility index (Phi) is 4.72. The Labute approximate surface area is 174 Å². The van der Waals surface area contributed by atoms with Crippen LogP contribution in [0.4, 0.5) is 4.39 Å². The summed E-state index contributed by atoms with van der Waals surface area (Å²) in [5.41, 5.74) is 4.22. The third-order valence-corrected chi connectivity index (χ3v) is 6.46. The summed E-state index contributed by atoms with van der Waals surface area (Å²) in [7, 11) is 0. The average molecular weight is 400 g/mol. The van der Waals surface area contributed by atoms with Crippen molar-refractivity contribution in [3.05, 3.63) is 93.7 Å². The largest absolute Gasteiger partial charge is 0.330 e. The van der Waals surface area contributed by atoms with Crippen LogP contribution < -0.4 is 10.5 Å². The van der Waals surface area contributed by atoms with Crippen molar-refractivity contribution in [2.24, 2.45) is 5.92 Å². The summed E-state index contributed by atoms with van der Waals surface area (Å²) in [6.45, 7) is 3.45. The molecule has 3 aromatic rings. The van der Waals surface area contributed by atoms with Crippen LogP contribution in [0.1, 0.15) is 29.2 Å². The number of likely N-dealkylation sites (tertiary alicyclic amines) is 1. The Morgan fingerprint density at radius 2 is 1.93 bits per heavy atom. The monoisotopic (exact) mass is 400 g/mol. The van der Waals surface area contributed by atoms with Crippen LogP contribution in [0, 0.1) is 23.1 Å². The molecule has 2 aliphatic rings. The van der Waals surface area contributed by atoms with Crippen molar-refractivity contribution in [1.29, 1.82) is 5.26 Å². The number of pyridine rings is 1. The quantitative estimate of drug-likeness (QED) is 0.735. The molecule has 2 aromatic carbocycles. The molecule has 3 atom stereocenters. The van der Waals surface area contributed by atoms with Crippen LogP contribution in [0.5, 0.6) is 0 Å². The van der Waals surface area contributed by atoms with Crippen molar-refractivity contribution in [3.63, 3.8) is 0 Å². The van der Waals surface area contributed by atoms with Gasteiger partial charge >= 0.3 is 0 Å². The minimum absolute atomic E-state index is 0.00459. The van der Waals surface area contributed by atoms with E-state index in [9.17, 15) is 14.4 Å². The maximum absolute atomic E-state index is 14.6. The van der Waals surface area contributed by atoms with Crippen LogP contribution in [-0.2, 0) is 13.1 Å². The van der Waals surface area contributed by atoms with Gasteiger partial charge in [-0.15, -0.1) is 0 Å². The fraction of sp³-hybridized carbons (Fsp3) is 0.280. The predicted molar refractivity (Wildman–Crippen MR) is 113 cm³/mol. The predicted octanol–water partition coefficient (Wildman–Crippen LogP) is 2.73. The van der Waals surface area contributed by atoms with Crippen LogP contribution in [0.3, 0.4) is 0 Å². The first kappa shape index (κ1) is 18.8. The van der Waals surface area contributed by atoms with Crippen LogP contribution in [0.2, 0.25) is 0 Å². The van der Waals surface area contributed by atoms with Gasteiger partial charge < -0.3 is 9.47 Å². The number of hydrogen-bond donors (Lipinski definition) is 1. The first-order chi connectivity index (χ1) is 14.6. The molecule has 2 bridgehead atoms. The number of piperidine rings is 1. The SMILES string of the molecule is N#Cc1cccc(C[NH+]2C[C@@H]3C[C@H](C2)c2c(-c4ccccc4F)ccc(=O)n2C3)c1. The molecule has 2 aliphatic heterocycles. The molecular formula is C25H23FN3O+. The molecule has 0 aliphatic carbocycles. The molecule has 0 saturated carbocycles. The molecule has 1 N–H and O–H groups in total. The molecule has 4 nitrogen and oxygen atoms in total. The van der Waals surface area contributed by atoms with Gasteiger partial charge in [-0.2, -0.15) is 5.26 Å². The number of quaternary nitrogens is 1. The highest BCUT2D eigenvalue weighted by molar-refractivity contribution is 5.67. The van der Waals surface area contributed by atoms with E-state index in [1.165, 1.54) is 11.0 Å². The van der Waals surface area contributed by atoms with E-state index in [4.69, 9.17) is 0 Å². The van der Waals surface area contributed by atoms with Gasteiger partial charge in [0, 0.05) is 46.8 Å². The molecule has 1 fully saturated rings. The van der Waals surface area contributed by atoms with E-state index in [-0.39, 0.29) is 17.3 Å². The number of fused-ring (bicyclic) bond motifs is 4. The molecular weight excluding hydrogens is 377 g/mol. The molecule has 5 rings (SSSR count). The van der Waals surface area contributed by atoms with E-state index in [0.717, 1.165) is 42.9 Å². The summed E-state index contributed by atoms with van der Waals surface area (Å²) in [6, 6.07) is 20.2. The van der Waals surface area contributed by atoms with Gasteiger partial charge in [0.25, 0.3) is 5.56 Å². The second kappa shape index (κ2) is 7.55. The maximum Gasteiger partial charge on any atom is 0.250 e. The van der Waals surface area contributed by atoms with Gasteiger partial charge in [0.2, 0.25) is 0 Å². The van der Waals surface area contributed by atoms with E-state index >= 15 is 0 Å². The summed E-state index contributed by atoms with van der Waals surface area (Å²) < 4.78 is 16.5. The van der Waals surface area contributed by atoms with Gasteiger partial charge in [-0.1, -0.05) is 30.3 Å². The van der Waals surface area contributed by atoms with Crippen LogP contribution >= 0.6 is 0 Å². The average Bonchev–Trinajstić information content (AvgIpc) is 2.75. The first-order valence-electron chi connectivity index (χ1n) is 10.4. The minimum Gasteiger partial charge on any atom is -0.330 e. The lowest BCUT2D eigenvalue weighted by molar-refractivity contribution is -0.924. The van der Waals surface area contributed by atoms with Gasteiger partial charge in [-0.25, -0.2) is 4.39 Å². The van der Waals surface area contributed by atoms with Crippen LogP contribution in [0.15, 0.2) is 65.5 Å². The normalized spacial score (nSPS) is 22.2. The lowest BCUT2D eigenvalue weighted by Gasteiger charge is -2.41. The Morgan fingerprint density at radius 1 is 1.07 bits per heavy atom. The molecule has 1 aromatic heterocycles. The number of hydrogen-bond acceptors (Lipinski definition) is 2. The summed E-state index contributed by atoms with van der Waals surface area (Å²) in [5.74, 6) is 0.392. The van der Waals surface area contributed by atoms with Crippen molar-refractivity contribution >= 4 is 0 Å². The number of nitriles is 1. The van der Waals surface area contributed by atoms with E-state index in [1.54, 1.807) is 24.3 Å². The molecule has 150 valence electrons. The van der Waals surface area contributed by atoms with Crippen molar-refractivity contribution in [2.45, 2.75) is 25.4 Å². The fourth-order valence-corrected chi connectivity index (χ4v) is 5.33. The molecule has 0 radical (unpaired) electrons. The van der Waals surface area contributed by atoms with E-state index in [1.807, 2.05) is 28.8 Å². The van der Waals surface area contributed by atoms with E-state index < -0.39 is 0 Å². The Hall–Kier alpha value is -3.23. The van der Waals surface area contributed by atoms with Gasteiger partial charge in [0.05, 0.1) is 24.7 Å². The van der Waals surface area contributed by atoms with E-state index in [0.29, 0.717) is 23.6 Å². The number of nitrogens with zero attached hydrogens (tertiary/aromatic N) is 2. The Balaban J connectivity index is 1.51. The third kappa shape index (κ3) is 3.34. The molecule has 0 amide bonds. The maximum atomic E-state index is 14.6. The van der Waals surface area contributed by atoms with Crippen molar-refractivity contribution in [2.75, 3.05) is 13.1 Å². The zero-order chi connectivity index (χ0) is 20.7. The first-order valence-corrected chi connectivity index (χ1v) is 10.4. The van der Waals surface area contributed by atoms with E-state index in [2.05, 4.69) is 12.1 Å². The number of aromatic nitrogens is 1. The molecule has 0 spiro atoms. The minimum atomic E-state index is -0.255. The highest BCUT2D eigenvalue weighted by Crippen LogP contribution is 2.37. The van der Waals surface area contributed by atoms with Crippen LogP contribution in [0.25, 0.3) is 11.1 Å². The molecule has 1 unspecified atom stereocenters. The molecule has 5 heteroatoms. The molecule has 1 saturated heterocycles. The standard InChI is InChI=1S/C25H22FN3O/c26-23-7-2-1-6-21(23)22-8-9-24(30)29-15-19-11-20(25(22)29)16-28(14-19)13-18-5-3-4-17(10-18)12-27/h1-10,19-20H,11,13-16H2/p+1/t19-,20+/m0/s1.